The molecule has 6 nitrogen and oxygen atoms in total. The fraction of sp³-hybridized carbons (Fsp3) is 0.556. The SMILES string of the molecule is CC(C)C(NC(=O)OC(C)(C)C)C(=O)Nc1ccc(N(C)C)cc1. The average molecular weight is 335 g/mol. The Morgan fingerprint density at radius 2 is 1.62 bits per heavy atom. The topological polar surface area (TPSA) is 70.7 Å². The molecule has 1 aromatic carbocycles. The first kappa shape index (κ1) is 19.8. The van der Waals surface area contributed by atoms with Crippen molar-refractivity contribution in [3.05, 3.63) is 24.3 Å². The van der Waals surface area contributed by atoms with Gasteiger partial charge < -0.3 is 20.3 Å². The molecule has 0 saturated heterocycles. The van der Waals surface area contributed by atoms with Gasteiger partial charge in [-0.2, -0.15) is 0 Å². The standard InChI is InChI=1S/C18H29N3O3/c1-12(2)15(20-17(23)24-18(3,4)5)16(22)19-13-8-10-14(11-9-13)21(6)7/h8-12,15H,1-7H3,(H,19,22)(H,20,23). The summed E-state index contributed by atoms with van der Waals surface area (Å²) >= 11 is 0. The van der Waals surface area contributed by atoms with Crippen LogP contribution in [0.25, 0.3) is 0 Å². The van der Waals surface area contributed by atoms with Crippen LogP contribution in [0.2, 0.25) is 0 Å². The number of anilines is 2. The van der Waals surface area contributed by atoms with Crippen molar-refractivity contribution in [2.45, 2.75) is 46.3 Å². The lowest BCUT2D eigenvalue weighted by atomic mass is 10.0. The maximum absolute atomic E-state index is 12.5. The van der Waals surface area contributed by atoms with E-state index in [4.69, 9.17) is 4.74 Å². The number of nitrogens with zero attached hydrogens (tertiary/aromatic N) is 1. The molecule has 6 heteroatoms. The van der Waals surface area contributed by atoms with Gasteiger partial charge in [-0.25, -0.2) is 4.79 Å². The lowest BCUT2D eigenvalue weighted by Crippen LogP contribution is -2.48. The molecule has 0 bridgehead atoms. The summed E-state index contributed by atoms with van der Waals surface area (Å²) < 4.78 is 5.23. The van der Waals surface area contributed by atoms with Crippen LogP contribution in [0.4, 0.5) is 16.2 Å². The third kappa shape index (κ3) is 6.48. The number of rotatable bonds is 5. The minimum absolute atomic E-state index is 0.0708. The minimum Gasteiger partial charge on any atom is -0.444 e. The molecule has 134 valence electrons. The Morgan fingerprint density at radius 1 is 1.08 bits per heavy atom. The number of carbonyl (C=O) groups excluding carboxylic acids is 2. The number of hydrogen-bond acceptors (Lipinski definition) is 4. The molecule has 2 N–H and O–H groups in total. The molecule has 0 saturated carbocycles. The number of benzene rings is 1. The van der Waals surface area contributed by atoms with Gasteiger partial charge in [-0.3, -0.25) is 4.79 Å². The fourth-order valence-electron chi connectivity index (χ4n) is 2.03. The number of carbonyl (C=O) groups is 2. The highest BCUT2D eigenvalue weighted by Crippen LogP contribution is 2.17. The Kier molecular flexibility index (Phi) is 6.63. The summed E-state index contributed by atoms with van der Waals surface area (Å²) in [6, 6.07) is 6.83. The highest BCUT2D eigenvalue weighted by Gasteiger charge is 2.26. The number of amides is 2. The highest BCUT2D eigenvalue weighted by atomic mass is 16.6. The summed E-state index contributed by atoms with van der Waals surface area (Å²) in [7, 11) is 3.90. The Morgan fingerprint density at radius 3 is 2.04 bits per heavy atom. The van der Waals surface area contributed by atoms with E-state index in [0.717, 1.165) is 5.69 Å². The summed E-state index contributed by atoms with van der Waals surface area (Å²) in [5, 5.41) is 5.47. The smallest absolute Gasteiger partial charge is 0.408 e. The molecule has 0 aliphatic carbocycles. The van der Waals surface area contributed by atoms with E-state index in [1.807, 2.05) is 57.1 Å². The Balaban J connectivity index is 2.74. The van der Waals surface area contributed by atoms with E-state index in [1.165, 1.54) is 0 Å². The van der Waals surface area contributed by atoms with Crippen LogP contribution in [0.1, 0.15) is 34.6 Å². The van der Waals surface area contributed by atoms with Crippen LogP contribution in [0.15, 0.2) is 24.3 Å². The molecule has 0 aliphatic rings. The maximum atomic E-state index is 12.5. The van der Waals surface area contributed by atoms with Crippen molar-refractivity contribution < 1.29 is 14.3 Å². The van der Waals surface area contributed by atoms with Crippen LogP contribution < -0.4 is 15.5 Å². The van der Waals surface area contributed by atoms with Gasteiger partial charge in [0.2, 0.25) is 5.91 Å². The van der Waals surface area contributed by atoms with Crippen LogP contribution in [0, 0.1) is 5.92 Å². The molecule has 2 amide bonds. The molecule has 1 rings (SSSR count). The molecular formula is C18H29N3O3. The van der Waals surface area contributed by atoms with Crippen LogP contribution in [-0.4, -0.2) is 37.7 Å². The normalized spacial score (nSPS) is 12.5. The Hall–Kier alpha value is -2.24. The number of ether oxygens (including phenoxy) is 1. The van der Waals surface area contributed by atoms with Gasteiger partial charge in [0.15, 0.2) is 0 Å². The molecule has 0 aliphatic heterocycles. The lowest BCUT2D eigenvalue weighted by molar-refractivity contribution is -0.119. The second-order valence-corrected chi connectivity index (χ2v) is 7.30. The predicted molar refractivity (Wildman–Crippen MR) is 97.4 cm³/mol. The second kappa shape index (κ2) is 8.04. The van der Waals surface area contributed by atoms with E-state index >= 15 is 0 Å². The summed E-state index contributed by atoms with van der Waals surface area (Å²) in [5.74, 6) is -0.341. The molecule has 0 radical (unpaired) electrons. The van der Waals surface area contributed by atoms with Gasteiger partial charge in [0.05, 0.1) is 0 Å². The van der Waals surface area contributed by atoms with Crippen molar-refractivity contribution in [3.8, 4) is 0 Å². The maximum Gasteiger partial charge on any atom is 0.408 e. The first-order valence-corrected chi connectivity index (χ1v) is 8.07. The lowest BCUT2D eigenvalue weighted by Gasteiger charge is -2.25. The van der Waals surface area contributed by atoms with Crippen molar-refractivity contribution in [1.29, 1.82) is 0 Å². The Bertz CT molecular complexity index is 560. The van der Waals surface area contributed by atoms with Crippen LogP contribution in [-0.2, 0) is 9.53 Å². The molecular weight excluding hydrogens is 306 g/mol. The van der Waals surface area contributed by atoms with E-state index in [0.29, 0.717) is 5.69 Å². The van der Waals surface area contributed by atoms with E-state index < -0.39 is 17.7 Å². The third-order valence-corrected chi connectivity index (χ3v) is 3.27. The molecule has 24 heavy (non-hydrogen) atoms. The summed E-state index contributed by atoms with van der Waals surface area (Å²) in [4.78, 5) is 26.4. The van der Waals surface area contributed by atoms with Crippen molar-refractivity contribution in [2.24, 2.45) is 5.92 Å². The monoisotopic (exact) mass is 335 g/mol. The zero-order valence-electron chi connectivity index (χ0n) is 15.6. The highest BCUT2D eigenvalue weighted by molar-refractivity contribution is 5.96. The van der Waals surface area contributed by atoms with Gasteiger partial charge in [0, 0.05) is 25.5 Å². The van der Waals surface area contributed by atoms with Gasteiger partial charge >= 0.3 is 6.09 Å². The third-order valence-electron chi connectivity index (χ3n) is 3.27. The molecule has 0 heterocycles. The molecule has 0 fully saturated rings. The van der Waals surface area contributed by atoms with Crippen LogP contribution in [0.3, 0.4) is 0 Å². The van der Waals surface area contributed by atoms with Crippen molar-refractivity contribution in [3.63, 3.8) is 0 Å². The summed E-state index contributed by atoms with van der Waals surface area (Å²) in [6.45, 7) is 9.09. The van der Waals surface area contributed by atoms with E-state index in [2.05, 4.69) is 10.6 Å². The quantitative estimate of drug-likeness (QED) is 0.866. The van der Waals surface area contributed by atoms with Gasteiger partial charge in [0.25, 0.3) is 0 Å². The van der Waals surface area contributed by atoms with Gasteiger partial charge in [0.1, 0.15) is 11.6 Å². The van der Waals surface area contributed by atoms with Crippen LogP contribution in [0.5, 0.6) is 0 Å². The number of alkyl carbamates (subject to hydrolysis) is 1. The fourth-order valence-corrected chi connectivity index (χ4v) is 2.03. The van der Waals surface area contributed by atoms with Gasteiger partial charge in [-0.1, -0.05) is 13.8 Å². The first-order chi connectivity index (χ1) is 11.0. The Labute approximate surface area is 144 Å². The number of hydrogen-bond donors (Lipinski definition) is 2. The molecule has 0 spiro atoms. The van der Waals surface area contributed by atoms with E-state index in [1.54, 1.807) is 20.8 Å². The van der Waals surface area contributed by atoms with Crippen LogP contribution >= 0.6 is 0 Å². The molecule has 1 unspecified atom stereocenters. The molecule has 0 aromatic heterocycles. The molecule has 1 atom stereocenters. The zero-order chi connectivity index (χ0) is 18.5. The van der Waals surface area contributed by atoms with Crippen molar-refractivity contribution >= 4 is 23.4 Å². The second-order valence-electron chi connectivity index (χ2n) is 7.30. The van der Waals surface area contributed by atoms with Gasteiger partial charge in [-0.15, -0.1) is 0 Å². The minimum atomic E-state index is -0.673. The largest absolute Gasteiger partial charge is 0.444 e. The van der Waals surface area contributed by atoms with E-state index in [-0.39, 0.29) is 11.8 Å². The van der Waals surface area contributed by atoms with Crippen molar-refractivity contribution in [2.75, 3.05) is 24.3 Å². The average Bonchev–Trinajstić information content (AvgIpc) is 2.43. The zero-order valence-corrected chi connectivity index (χ0v) is 15.6. The summed E-state index contributed by atoms with van der Waals surface area (Å²) in [5.41, 5.74) is 1.12. The van der Waals surface area contributed by atoms with E-state index in [9.17, 15) is 9.59 Å². The summed E-state index contributed by atoms with van der Waals surface area (Å²) in [6.07, 6.45) is -0.598. The predicted octanol–water partition coefficient (Wildman–Crippen LogP) is 3.24. The van der Waals surface area contributed by atoms with Crippen molar-refractivity contribution in [1.82, 2.24) is 5.32 Å². The number of nitrogens with one attached hydrogen (secondary N) is 2. The molecule has 1 aromatic rings. The first-order valence-electron chi connectivity index (χ1n) is 8.07. The van der Waals surface area contributed by atoms with Gasteiger partial charge in [-0.05, 0) is 51.0 Å².